The summed E-state index contributed by atoms with van der Waals surface area (Å²) in [6.07, 6.45) is 2.53. The van der Waals surface area contributed by atoms with E-state index in [1.54, 1.807) is 0 Å². The van der Waals surface area contributed by atoms with Gasteiger partial charge in [-0.25, -0.2) is 0 Å². The van der Waals surface area contributed by atoms with E-state index in [4.69, 9.17) is 7.85 Å². The first-order valence-corrected chi connectivity index (χ1v) is 4.86. The lowest BCUT2D eigenvalue weighted by Crippen LogP contribution is -2.06. The van der Waals surface area contributed by atoms with Crippen LogP contribution in [0.1, 0.15) is 12.0 Å². The second-order valence-electron chi connectivity index (χ2n) is 2.82. The molecule has 0 fully saturated rings. The zero-order valence-corrected chi connectivity index (χ0v) is 7.16. The van der Waals surface area contributed by atoms with Gasteiger partial charge in [0.15, 0.2) is 0 Å². The average molecular weight is 160 g/mol. The Hall–Kier alpha value is -0.365. The van der Waals surface area contributed by atoms with Crippen LogP contribution in [0.4, 0.5) is 0 Å². The summed E-state index contributed by atoms with van der Waals surface area (Å²) in [7, 11) is 5.67. The van der Waals surface area contributed by atoms with Gasteiger partial charge in [0.05, 0.1) is 0 Å². The van der Waals surface area contributed by atoms with Gasteiger partial charge in [-0.1, -0.05) is 23.7 Å². The van der Waals surface area contributed by atoms with E-state index in [0.717, 1.165) is 5.46 Å². The standard InChI is InChI=1S/C9H9BS/c10-8-4-3-7-2-1-5-11-9(7)6-8/h3-4,6H,1-2,5H2. The maximum Gasteiger partial charge on any atom is 0.113 e. The third kappa shape index (κ3) is 1.46. The van der Waals surface area contributed by atoms with Crippen LogP contribution in [0.25, 0.3) is 0 Å². The normalized spacial score (nSPS) is 16.0. The molecule has 0 spiro atoms. The molecule has 0 saturated carbocycles. The van der Waals surface area contributed by atoms with Crippen LogP contribution >= 0.6 is 11.8 Å². The van der Waals surface area contributed by atoms with Gasteiger partial charge in [-0.15, -0.1) is 11.8 Å². The molecule has 2 rings (SSSR count). The molecule has 1 aromatic carbocycles. The first kappa shape index (κ1) is 7.29. The Morgan fingerprint density at radius 2 is 2.27 bits per heavy atom. The van der Waals surface area contributed by atoms with E-state index in [9.17, 15) is 0 Å². The van der Waals surface area contributed by atoms with Gasteiger partial charge < -0.3 is 0 Å². The Morgan fingerprint density at radius 1 is 1.36 bits per heavy atom. The quantitative estimate of drug-likeness (QED) is 0.518. The fourth-order valence-corrected chi connectivity index (χ4v) is 2.44. The molecule has 2 heteroatoms. The van der Waals surface area contributed by atoms with Gasteiger partial charge in [0.2, 0.25) is 0 Å². The largest absolute Gasteiger partial charge is 0.126 e. The van der Waals surface area contributed by atoms with Gasteiger partial charge in [-0.3, -0.25) is 0 Å². The molecule has 1 aliphatic heterocycles. The van der Waals surface area contributed by atoms with E-state index >= 15 is 0 Å². The van der Waals surface area contributed by atoms with Crippen molar-refractivity contribution in [2.45, 2.75) is 17.7 Å². The third-order valence-electron chi connectivity index (χ3n) is 1.94. The van der Waals surface area contributed by atoms with Crippen molar-refractivity contribution < 1.29 is 0 Å². The van der Waals surface area contributed by atoms with Crippen molar-refractivity contribution in [1.29, 1.82) is 0 Å². The molecule has 1 aromatic rings. The van der Waals surface area contributed by atoms with Gasteiger partial charge >= 0.3 is 0 Å². The maximum absolute atomic E-state index is 5.67. The fraction of sp³-hybridized carbons (Fsp3) is 0.333. The van der Waals surface area contributed by atoms with Gasteiger partial charge in [0, 0.05) is 4.90 Å². The molecule has 0 amide bonds. The van der Waals surface area contributed by atoms with E-state index in [0.29, 0.717) is 0 Å². The number of thioether (sulfide) groups is 1. The summed E-state index contributed by atoms with van der Waals surface area (Å²) in [5.41, 5.74) is 2.36. The molecule has 0 aliphatic carbocycles. The first-order chi connectivity index (χ1) is 5.36. The smallest absolute Gasteiger partial charge is 0.113 e. The minimum Gasteiger partial charge on any atom is -0.126 e. The Morgan fingerprint density at radius 3 is 3.18 bits per heavy atom. The minimum atomic E-state index is 0.887. The zero-order valence-electron chi connectivity index (χ0n) is 6.34. The van der Waals surface area contributed by atoms with Crippen LogP contribution in [-0.2, 0) is 6.42 Å². The van der Waals surface area contributed by atoms with Gasteiger partial charge in [0.1, 0.15) is 7.85 Å². The van der Waals surface area contributed by atoms with Crippen LogP contribution in [-0.4, -0.2) is 13.6 Å². The molecule has 0 unspecified atom stereocenters. The molecular formula is C9H9BS. The minimum absolute atomic E-state index is 0.887. The molecule has 0 nitrogen and oxygen atoms in total. The third-order valence-corrected chi connectivity index (χ3v) is 3.12. The summed E-state index contributed by atoms with van der Waals surface area (Å²) in [5.74, 6) is 1.25. The highest BCUT2D eigenvalue weighted by molar-refractivity contribution is 7.99. The van der Waals surface area contributed by atoms with Crippen molar-refractivity contribution in [3.63, 3.8) is 0 Å². The molecule has 1 aliphatic rings. The molecule has 11 heavy (non-hydrogen) atoms. The summed E-state index contributed by atoms with van der Waals surface area (Å²) >= 11 is 1.92. The molecule has 2 radical (unpaired) electrons. The highest BCUT2D eigenvalue weighted by atomic mass is 32.2. The molecule has 0 aromatic heterocycles. The Balaban J connectivity index is 2.43. The molecule has 0 saturated heterocycles. The van der Waals surface area contributed by atoms with Crippen molar-refractivity contribution in [1.82, 2.24) is 0 Å². The molecule has 0 bridgehead atoms. The van der Waals surface area contributed by atoms with E-state index in [-0.39, 0.29) is 0 Å². The average Bonchev–Trinajstić information content (AvgIpc) is 2.04. The highest BCUT2D eigenvalue weighted by Gasteiger charge is 2.07. The number of fused-ring (bicyclic) bond motifs is 1. The highest BCUT2D eigenvalue weighted by Crippen LogP contribution is 2.28. The number of hydrogen-bond acceptors (Lipinski definition) is 1. The number of hydrogen-bond donors (Lipinski definition) is 0. The number of rotatable bonds is 0. The summed E-state index contributed by atoms with van der Waals surface area (Å²) in [6, 6.07) is 6.22. The molecule has 0 atom stereocenters. The predicted octanol–water partition coefficient (Wildman–Crippen LogP) is 1.52. The van der Waals surface area contributed by atoms with Crippen LogP contribution in [0.5, 0.6) is 0 Å². The molecule has 1 heterocycles. The van der Waals surface area contributed by atoms with Gasteiger partial charge in [-0.2, -0.15) is 0 Å². The topological polar surface area (TPSA) is 0 Å². The molecule has 54 valence electrons. The Bertz CT molecular complexity index is 270. The van der Waals surface area contributed by atoms with E-state index in [2.05, 4.69) is 12.1 Å². The lowest BCUT2D eigenvalue weighted by Gasteiger charge is -2.14. The second kappa shape index (κ2) is 2.94. The van der Waals surface area contributed by atoms with Crippen LogP contribution in [0, 0.1) is 0 Å². The Labute approximate surface area is 72.8 Å². The van der Waals surface area contributed by atoms with Crippen LogP contribution < -0.4 is 5.46 Å². The Kier molecular flexibility index (Phi) is 1.95. The summed E-state index contributed by atoms with van der Waals surface area (Å²) in [5, 5.41) is 0. The lowest BCUT2D eigenvalue weighted by molar-refractivity contribution is 0.891. The van der Waals surface area contributed by atoms with Crippen LogP contribution in [0.3, 0.4) is 0 Å². The predicted molar refractivity (Wildman–Crippen MR) is 50.9 cm³/mol. The fourth-order valence-electron chi connectivity index (χ4n) is 1.36. The van der Waals surface area contributed by atoms with Crippen molar-refractivity contribution in [3.8, 4) is 0 Å². The maximum atomic E-state index is 5.67. The van der Waals surface area contributed by atoms with Crippen molar-refractivity contribution in [3.05, 3.63) is 23.8 Å². The molecule has 0 N–H and O–H groups in total. The van der Waals surface area contributed by atoms with Crippen LogP contribution in [0.2, 0.25) is 0 Å². The second-order valence-corrected chi connectivity index (χ2v) is 3.96. The summed E-state index contributed by atoms with van der Waals surface area (Å²) in [6.45, 7) is 0. The zero-order chi connectivity index (χ0) is 7.68. The SMILES string of the molecule is [B]c1ccc2c(c1)SCCC2. The van der Waals surface area contributed by atoms with E-state index in [1.807, 2.05) is 17.8 Å². The van der Waals surface area contributed by atoms with Gasteiger partial charge in [0.25, 0.3) is 0 Å². The monoisotopic (exact) mass is 160 g/mol. The van der Waals surface area contributed by atoms with E-state index in [1.165, 1.54) is 29.1 Å². The van der Waals surface area contributed by atoms with Crippen molar-refractivity contribution in [2.75, 3.05) is 5.75 Å². The van der Waals surface area contributed by atoms with E-state index < -0.39 is 0 Å². The van der Waals surface area contributed by atoms with Crippen molar-refractivity contribution in [2.24, 2.45) is 0 Å². The van der Waals surface area contributed by atoms with Gasteiger partial charge in [-0.05, 0) is 24.2 Å². The van der Waals surface area contributed by atoms with Crippen molar-refractivity contribution >= 4 is 25.1 Å². The lowest BCUT2D eigenvalue weighted by atomic mass is 9.94. The number of benzene rings is 1. The van der Waals surface area contributed by atoms with Crippen LogP contribution in [0.15, 0.2) is 23.1 Å². The summed E-state index contributed by atoms with van der Waals surface area (Å²) in [4.78, 5) is 1.39. The summed E-state index contributed by atoms with van der Waals surface area (Å²) < 4.78 is 0. The number of aryl methyl sites for hydroxylation is 1. The molecular weight excluding hydrogens is 151 g/mol. The first-order valence-electron chi connectivity index (χ1n) is 3.87.